The van der Waals surface area contributed by atoms with Crippen LogP contribution in [0.15, 0.2) is 54.7 Å². The quantitative estimate of drug-likeness (QED) is 0.672. The minimum Gasteiger partial charge on any atom is -0.482 e. The van der Waals surface area contributed by atoms with Crippen molar-refractivity contribution in [1.29, 1.82) is 0 Å². The summed E-state index contributed by atoms with van der Waals surface area (Å²) in [5.41, 5.74) is 2.92. The van der Waals surface area contributed by atoms with Gasteiger partial charge in [-0.2, -0.15) is 0 Å². The lowest BCUT2D eigenvalue weighted by atomic mass is 10.0. The molecule has 0 fully saturated rings. The Bertz CT molecular complexity index is 822. The molecule has 0 aliphatic carbocycles. The van der Waals surface area contributed by atoms with Gasteiger partial charge >= 0.3 is 0 Å². The van der Waals surface area contributed by atoms with Gasteiger partial charge in [0.1, 0.15) is 5.75 Å². The summed E-state index contributed by atoms with van der Waals surface area (Å²) in [5, 5.41) is 0.990. The molecule has 0 bridgehead atoms. The zero-order valence-corrected chi connectivity index (χ0v) is 11.7. The second-order valence-corrected chi connectivity index (χ2v) is 5.45. The van der Waals surface area contributed by atoms with Crippen LogP contribution in [-0.4, -0.2) is 16.5 Å². The fourth-order valence-electron chi connectivity index (χ4n) is 3.04. The monoisotopic (exact) mass is 277 g/mol. The number of Topliss-reactive ketones (excluding diaryl/α,β-unsaturated/α-hetero) is 1. The van der Waals surface area contributed by atoms with E-state index < -0.39 is 6.10 Å². The van der Waals surface area contributed by atoms with Crippen molar-refractivity contribution in [3.8, 4) is 5.75 Å². The first-order valence-corrected chi connectivity index (χ1v) is 7.07. The largest absolute Gasteiger partial charge is 0.482 e. The molecule has 3 aromatic rings. The maximum atomic E-state index is 12.8. The van der Waals surface area contributed by atoms with E-state index in [0.717, 1.165) is 27.8 Å². The van der Waals surface area contributed by atoms with E-state index in [0.29, 0.717) is 6.42 Å². The molecule has 1 aliphatic heterocycles. The van der Waals surface area contributed by atoms with Crippen LogP contribution in [0.25, 0.3) is 10.9 Å². The maximum absolute atomic E-state index is 12.8. The van der Waals surface area contributed by atoms with E-state index in [9.17, 15) is 4.79 Å². The van der Waals surface area contributed by atoms with Crippen molar-refractivity contribution in [2.75, 3.05) is 0 Å². The van der Waals surface area contributed by atoms with E-state index in [4.69, 9.17) is 4.74 Å². The van der Waals surface area contributed by atoms with E-state index >= 15 is 0 Å². The van der Waals surface area contributed by atoms with Gasteiger partial charge in [-0.15, -0.1) is 0 Å². The molecule has 21 heavy (non-hydrogen) atoms. The molecule has 0 radical (unpaired) electrons. The average Bonchev–Trinajstić information content (AvgIpc) is 3.09. The minimum atomic E-state index is -0.409. The zero-order chi connectivity index (χ0) is 14.4. The third-order valence-corrected chi connectivity index (χ3v) is 4.10. The number of aryl methyl sites for hydroxylation is 1. The van der Waals surface area contributed by atoms with E-state index in [1.807, 2.05) is 66.3 Å². The van der Waals surface area contributed by atoms with Crippen molar-refractivity contribution in [2.24, 2.45) is 7.05 Å². The molecular formula is C18H15NO2. The summed E-state index contributed by atoms with van der Waals surface area (Å²) < 4.78 is 7.81. The third kappa shape index (κ3) is 1.85. The van der Waals surface area contributed by atoms with E-state index in [-0.39, 0.29) is 5.78 Å². The van der Waals surface area contributed by atoms with Gasteiger partial charge in [0, 0.05) is 36.1 Å². The zero-order valence-electron chi connectivity index (χ0n) is 11.7. The van der Waals surface area contributed by atoms with Gasteiger partial charge in [0.15, 0.2) is 6.10 Å². The molecular weight excluding hydrogens is 262 g/mol. The average molecular weight is 277 g/mol. The van der Waals surface area contributed by atoms with Crippen molar-refractivity contribution in [2.45, 2.75) is 12.5 Å². The molecule has 0 spiro atoms. The highest BCUT2D eigenvalue weighted by Gasteiger charge is 2.31. The predicted octanol–water partition coefficient (Wildman–Crippen LogP) is 3.36. The summed E-state index contributed by atoms with van der Waals surface area (Å²) in [6.45, 7) is 0. The van der Waals surface area contributed by atoms with Gasteiger partial charge in [-0.05, 0) is 17.7 Å². The molecule has 4 rings (SSSR count). The Morgan fingerprint density at radius 3 is 2.76 bits per heavy atom. The number of carbonyl (C=O) groups excluding carboxylic acids is 1. The Hall–Kier alpha value is -2.55. The number of nitrogens with zero attached hydrogens (tertiary/aromatic N) is 1. The minimum absolute atomic E-state index is 0.0583. The first-order valence-electron chi connectivity index (χ1n) is 7.07. The summed E-state index contributed by atoms with van der Waals surface area (Å²) >= 11 is 0. The smallest absolute Gasteiger partial charge is 0.205 e. The summed E-state index contributed by atoms with van der Waals surface area (Å²) in [6.07, 6.45) is 2.14. The van der Waals surface area contributed by atoms with Crippen LogP contribution in [-0.2, 0) is 13.5 Å². The standard InChI is InChI=1S/C18H15NO2/c1-19-11-14(13-7-3-4-8-15(13)19)18(20)17-10-12-6-2-5-9-16(12)21-17/h2-9,11,17H,10H2,1H3. The van der Waals surface area contributed by atoms with Crippen molar-refractivity contribution in [1.82, 2.24) is 4.57 Å². The Kier molecular flexibility index (Phi) is 2.61. The van der Waals surface area contributed by atoms with Gasteiger partial charge in [0.25, 0.3) is 0 Å². The van der Waals surface area contributed by atoms with Crippen molar-refractivity contribution >= 4 is 16.7 Å². The predicted molar refractivity (Wildman–Crippen MR) is 81.8 cm³/mol. The molecule has 2 aromatic carbocycles. The summed E-state index contributed by atoms with van der Waals surface area (Å²) in [6, 6.07) is 15.8. The van der Waals surface area contributed by atoms with Crippen LogP contribution in [0.4, 0.5) is 0 Å². The highest BCUT2D eigenvalue weighted by molar-refractivity contribution is 6.10. The van der Waals surface area contributed by atoms with E-state index in [2.05, 4.69) is 0 Å². The number of benzene rings is 2. The van der Waals surface area contributed by atoms with Crippen LogP contribution >= 0.6 is 0 Å². The Balaban J connectivity index is 1.72. The SMILES string of the molecule is Cn1cc(C(=O)C2Cc3ccccc3O2)c2ccccc21. The molecule has 1 aliphatic rings. The van der Waals surface area contributed by atoms with Crippen LogP contribution in [0, 0.1) is 0 Å². The Morgan fingerprint density at radius 2 is 1.90 bits per heavy atom. The summed E-state index contributed by atoms with van der Waals surface area (Å²) in [7, 11) is 1.96. The number of hydrogen-bond acceptors (Lipinski definition) is 2. The fourth-order valence-corrected chi connectivity index (χ4v) is 3.04. The summed E-state index contributed by atoms with van der Waals surface area (Å²) in [4.78, 5) is 12.8. The number of hydrogen-bond donors (Lipinski definition) is 0. The molecule has 3 heteroatoms. The molecule has 0 N–H and O–H groups in total. The summed E-state index contributed by atoms with van der Waals surface area (Å²) in [5.74, 6) is 0.888. The van der Waals surface area contributed by atoms with E-state index in [1.54, 1.807) is 0 Å². The Morgan fingerprint density at radius 1 is 1.14 bits per heavy atom. The van der Waals surface area contributed by atoms with Crippen molar-refractivity contribution < 1.29 is 9.53 Å². The second-order valence-electron chi connectivity index (χ2n) is 5.45. The normalized spacial score (nSPS) is 16.7. The molecule has 0 saturated carbocycles. The third-order valence-electron chi connectivity index (χ3n) is 4.10. The Labute approximate surface area is 122 Å². The topological polar surface area (TPSA) is 31.2 Å². The van der Waals surface area contributed by atoms with Gasteiger partial charge in [0.05, 0.1) is 0 Å². The van der Waals surface area contributed by atoms with Gasteiger partial charge in [-0.3, -0.25) is 4.79 Å². The molecule has 0 saturated heterocycles. The number of ether oxygens (including phenoxy) is 1. The second kappa shape index (κ2) is 4.48. The van der Waals surface area contributed by atoms with Gasteiger partial charge in [-0.1, -0.05) is 36.4 Å². The van der Waals surface area contributed by atoms with Crippen LogP contribution in [0.3, 0.4) is 0 Å². The molecule has 1 unspecified atom stereocenters. The highest BCUT2D eigenvalue weighted by atomic mass is 16.5. The van der Waals surface area contributed by atoms with Gasteiger partial charge in [-0.25, -0.2) is 0 Å². The molecule has 3 nitrogen and oxygen atoms in total. The number of fused-ring (bicyclic) bond motifs is 2. The number of rotatable bonds is 2. The van der Waals surface area contributed by atoms with Crippen LogP contribution < -0.4 is 4.74 Å². The number of carbonyl (C=O) groups is 1. The van der Waals surface area contributed by atoms with Crippen LogP contribution in [0.1, 0.15) is 15.9 Å². The molecule has 1 aromatic heterocycles. The molecule has 0 amide bonds. The number of para-hydroxylation sites is 2. The lowest BCUT2D eigenvalue weighted by Crippen LogP contribution is -2.25. The highest BCUT2D eigenvalue weighted by Crippen LogP contribution is 2.31. The van der Waals surface area contributed by atoms with Gasteiger partial charge < -0.3 is 9.30 Å². The number of aromatic nitrogens is 1. The first-order chi connectivity index (χ1) is 10.2. The first kappa shape index (κ1) is 12.2. The fraction of sp³-hybridized carbons (Fsp3) is 0.167. The van der Waals surface area contributed by atoms with Crippen molar-refractivity contribution in [3.05, 3.63) is 65.9 Å². The molecule has 104 valence electrons. The maximum Gasteiger partial charge on any atom is 0.205 e. The van der Waals surface area contributed by atoms with Crippen molar-refractivity contribution in [3.63, 3.8) is 0 Å². The lowest BCUT2D eigenvalue weighted by molar-refractivity contribution is 0.0826. The molecule has 2 heterocycles. The lowest BCUT2D eigenvalue weighted by Gasteiger charge is -2.08. The molecule has 1 atom stereocenters. The number of ketones is 1. The van der Waals surface area contributed by atoms with Crippen LogP contribution in [0.5, 0.6) is 5.75 Å². The van der Waals surface area contributed by atoms with Crippen LogP contribution in [0.2, 0.25) is 0 Å². The van der Waals surface area contributed by atoms with E-state index in [1.165, 1.54) is 0 Å². The van der Waals surface area contributed by atoms with Gasteiger partial charge in [0.2, 0.25) is 5.78 Å².